The van der Waals surface area contributed by atoms with E-state index in [-0.39, 0.29) is 12.0 Å². The fraction of sp³-hybridized carbons (Fsp3) is 0.353. The van der Waals surface area contributed by atoms with Crippen LogP contribution in [0.1, 0.15) is 17.7 Å². The van der Waals surface area contributed by atoms with E-state index in [1.807, 2.05) is 52.7 Å². The van der Waals surface area contributed by atoms with Crippen molar-refractivity contribution < 1.29 is 9.53 Å². The SMILES string of the molecule is O=C(Cc1cccs1)N(CC1CCCO1)c1ccccc1. The van der Waals surface area contributed by atoms with Gasteiger partial charge in [0.15, 0.2) is 0 Å². The first-order valence-corrected chi connectivity index (χ1v) is 8.20. The zero-order chi connectivity index (χ0) is 14.5. The number of benzene rings is 1. The van der Waals surface area contributed by atoms with Crippen molar-refractivity contribution in [2.45, 2.75) is 25.4 Å². The molecule has 0 bridgehead atoms. The molecular formula is C17H19NO2S. The lowest BCUT2D eigenvalue weighted by molar-refractivity contribution is -0.118. The standard InChI is InChI=1S/C17H19NO2S/c19-17(12-16-9-5-11-21-16)18(13-15-8-4-10-20-15)14-6-2-1-3-7-14/h1-3,5-7,9,11,15H,4,8,10,12-13H2. The maximum Gasteiger partial charge on any atom is 0.232 e. The van der Waals surface area contributed by atoms with Gasteiger partial charge in [-0.15, -0.1) is 11.3 Å². The Morgan fingerprint density at radius 2 is 2.10 bits per heavy atom. The van der Waals surface area contributed by atoms with Crippen molar-refractivity contribution in [3.05, 3.63) is 52.7 Å². The quantitative estimate of drug-likeness (QED) is 0.846. The van der Waals surface area contributed by atoms with Crippen molar-refractivity contribution in [3.8, 4) is 0 Å². The number of carbonyl (C=O) groups excluding carboxylic acids is 1. The topological polar surface area (TPSA) is 29.5 Å². The highest BCUT2D eigenvalue weighted by atomic mass is 32.1. The number of para-hydroxylation sites is 1. The van der Waals surface area contributed by atoms with E-state index in [1.165, 1.54) is 0 Å². The van der Waals surface area contributed by atoms with Crippen molar-refractivity contribution in [1.82, 2.24) is 0 Å². The molecule has 110 valence electrons. The maximum absolute atomic E-state index is 12.7. The first-order chi connectivity index (χ1) is 10.3. The van der Waals surface area contributed by atoms with E-state index < -0.39 is 0 Å². The van der Waals surface area contributed by atoms with Crippen LogP contribution in [0.4, 0.5) is 5.69 Å². The number of amides is 1. The third-order valence-corrected chi connectivity index (χ3v) is 4.56. The minimum atomic E-state index is 0.138. The molecule has 1 saturated heterocycles. The van der Waals surface area contributed by atoms with Crippen molar-refractivity contribution in [2.75, 3.05) is 18.1 Å². The van der Waals surface area contributed by atoms with E-state index in [4.69, 9.17) is 4.74 Å². The summed E-state index contributed by atoms with van der Waals surface area (Å²) in [6.45, 7) is 1.46. The molecule has 1 unspecified atom stereocenters. The summed E-state index contributed by atoms with van der Waals surface area (Å²) in [5.74, 6) is 0.138. The molecule has 2 aromatic rings. The van der Waals surface area contributed by atoms with Gasteiger partial charge in [0, 0.05) is 17.2 Å². The van der Waals surface area contributed by atoms with E-state index in [9.17, 15) is 4.79 Å². The summed E-state index contributed by atoms with van der Waals surface area (Å²) < 4.78 is 5.70. The van der Waals surface area contributed by atoms with Crippen molar-refractivity contribution in [3.63, 3.8) is 0 Å². The zero-order valence-electron chi connectivity index (χ0n) is 11.9. The number of carbonyl (C=O) groups is 1. The van der Waals surface area contributed by atoms with Gasteiger partial charge in [-0.1, -0.05) is 24.3 Å². The lowest BCUT2D eigenvalue weighted by Crippen LogP contribution is -2.38. The summed E-state index contributed by atoms with van der Waals surface area (Å²) in [4.78, 5) is 15.7. The van der Waals surface area contributed by atoms with Gasteiger partial charge in [-0.05, 0) is 36.4 Å². The predicted octanol–water partition coefficient (Wildman–Crippen LogP) is 3.50. The molecule has 3 nitrogen and oxygen atoms in total. The Labute approximate surface area is 129 Å². The Kier molecular flexibility index (Phi) is 4.68. The smallest absolute Gasteiger partial charge is 0.232 e. The highest BCUT2D eigenvalue weighted by Crippen LogP contribution is 2.21. The summed E-state index contributed by atoms with van der Waals surface area (Å²) in [6, 6.07) is 13.9. The van der Waals surface area contributed by atoms with Gasteiger partial charge >= 0.3 is 0 Å². The van der Waals surface area contributed by atoms with Crippen LogP contribution < -0.4 is 4.90 Å². The molecule has 1 amide bonds. The number of ether oxygens (including phenoxy) is 1. The molecule has 0 spiro atoms. The average molecular weight is 301 g/mol. The first kappa shape index (κ1) is 14.3. The minimum absolute atomic E-state index is 0.138. The second kappa shape index (κ2) is 6.87. The normalized spacial score (nSPS) is 17.8. The molecule has 3 rings (SSSR count). The van der Waals surface area contributed by atoms with Crippen LogP contribution in [0.3, 0.4) is 0 Å². The van der Waals surface area contributed by atoms with Crippen LogP contribution in [-0.2, 0) is 16.0 Å². The molecule has 0 saturated carbocycles. The molecule has 1 aromatic carbocycles. The van der Waals surface area contributed by atoms with Crippen LogP contribution in [-0.4, -0.2) is 25.2 Å². The molecule has 21 heavy (non-hydrogen) atoms. The van der Waals surface area contributed by atoms with Crippen LogP contribution >= 0.6 is 11.3 Å². The number of hydrogen-bond donors (Lipinski definition) is 0. The predicted molar refractivity (Wildman–Crippen MR) is 85.8 cm³/mol. The van der Waals surface area contributed by atoms with Crippen LogP contribution in [0.5, 0.6) is 0 Å². The number of anilines is 1. The van der Waals surface area contributed by atoms with Gasteiger partial charge < -0.3 is 9.64 Å². The molecule has 2 heterocycles. The Balaban J connectivity index is 1.75. The van der Waals surface area contributed by atoms with Gasteiger partial charge in [0.05, 0.1) is 19.1 Å². The Hall–Kier alpha value is -1.65. The van der Waals surface area contributed by atoms with Crippen LogP contribution in [0.2, 0.25) is 0 Å². The fourth-order valence-corrected chi connectivity index (χ4v) is 3.30. The minimum Gasteiger partial charge on any atom is -0.376 e. The second-order valence-corrected chi connectivity index (χ2v) is 6.26. The van der Waals surface area contributed by atoms with Gasteiger partial charge in [0.2, 0.25) is 5.91 Å². The summed E-state index contributed by atoms with van der Waals surface area (Å²) in [5.41, 5.74) is 0.953. The van der Waals surface area contributed by atoms with E-state index in [0.717, 1.165) is 30.0 Å². The van der Waals surface area contributed by atoms with E-state index >= 15 is 0 Å². The molecule has 1 aliphatic rings. The highest BCUT2D eigenvalue weighted by molar-refractivity contribution is 7.10. The van der Waals surface area contributed by atoms with Crippen molar-refractivity contribution >= 4 is 22.9 Å². The molecule has 1 aromatic heterocycles. The lowest BCUT2D eigenvalue weighted by Gasteiger charge is -2.25. The molecule has 0 N–H and O–H groups in total. The van der Waals surface area contributed by atoms with Gasteiger partial charge in [0.1, 0.15) is 0 Å². The summed E-state index contributed by atoms with van der Waals surface area (Å²) in [6.07, 6.45) is 2.75. The largest absolute Gasteiger partial charge is 0.376 e. The third-order valence-electron chi connectivity index (χ3n) is 3.68. The lowest BCUT2D eigenvalue weighted by atomic mass is 10.2. The number of rotatable bonds is 5. The molecule has 0 radical (unpaired) electrons. The molecule has 1 aliphatic heterocycles. The van der Waals surface area contributed by atoms with Gasteiger partial charge in [-0.3, -0.25) is 4.79 Å². The Bertz CT molecular complexity index is 562. The van der Waals surface area contributed by atoms with E-state index in [2.05, 4.69) is 0 Å². The Morgan fingerprint density at radius 1 is 1.24 bits per heavy atom. The summed E-state index contributed by atoms with van der Waals surface area (Å²) >= 11 is 1.63. The number of thiophene rings is 1. The fourth-order valence-electron chi connectivity index (χ4n) is 2.61. The zero-order valence-corrected chi connectivity index (χ0v) is 12.7. The monoisotopic (exact) mass is 301 g/mol. The third kappa shape index (κ3) is 3.71. The Morgan fingerprint density at radius 3 is 2.76 bits per heavy atom. The summed E-state index contributed by atoms with van der Waals surface area (Å²) in [5, 5.41) is 2.01. The van der Waals surface area contributed by atoms with Crippen LogP contribution in [0, 0.1) is 0 Å². The molecule has 0 aliphatic carbocycles. The van der Waals surface area contributed by atoms with Crippen LogP contribution in [0.15, 0.2) is 47.8 Å². The number of nitrogens with zero attached hydrogens (tertiary/aromatic N) is 1. The molecule has 1 fully saturated rings. The van der Waals surface area contributed by atoms with E-state index in [1.54, 1.807) is 11.3 Å². The van der Waals surface area contributed by atoms with Gasteiger partial charge in [-0.2, -0.15) is 0 Å². The number of hydrogen-bond acceptors (Lipinski definition) is 3. The average Bonchev–Trinajstić information content (AvgIpc) is 3.19. The van der Waals surface area contributed by atoms with Gasteiger partial charge in [-0.25, -0.2) is 0 Å². The highest BCUT2D eigenvalue weighted by Gasteiger charge is 2.23. The van der Waals surface area contributed by atoms with Gasteiger partial charge in [0.25, 0.3) is 0 Å². The molecule has 1 atom stereocenters. The van der Waals surface area contributed by atoms with E-state index in [0.29, 0.717) is 13.0 Å². The summed E-state index contributed by atoms with van der Waals surface area (Å²) in [7, 11) is 0. The van der Waals surface area contributed by atoms with Crippen molar-refractivity contribution in [1.29, 1.82) is 0 Å². The maximum atomic E-state index is 12.7. The second-order valence-electron chi connectivity index (χ2n) is 5.23. The first-order valence-electron chi connectivity index (χ1n) is 7.32. The van der Waals surface area contributed by atoms with Crippen LogP contribution in [0.25, 0.3) is 0 Å². The molecular weight excluding hydrogens is 282 g/mol. The molecule has 4 heteroatoms. The van der Waals surface area contributed by atoms with Crippen molar-refractivity contribution in [2.24, 2.45) is 0 Å².